The molecule has 8 heteroatoms. The number of nitrogens with zero attached hydrogens (tertiary/aromatic N) is 2. The van der Waals surface area contributed by atoms with Gasteiger partial charge in [0.25, 0.3) is 5.91 Å². The molecule has 92 valence electrons. The number of nitrogens with one attached hydrogen (secondary N) is 1. The third kappa shape index (κ3) is 3.13. The first-order valence-electron chi connectivity index (χ1n) is 4.95. The smallest absolute Gasteiger partial charge is 0.271 e. The Morgan fingerprint density at radius 3 is 2.82 bits per heavy atom. The summed E-state index contributed by atoms with van der Waals surface area (Å²) in [6, 6.07) is -0.353. The minimum Gasteiger partial charge on any atom is -0.347 e. The van der Waals surface area contributed by atoms with E-state index in [1.807, 2.05) is 0 Å². The standard InChI is InChI=1S/C9H10ClN3O3S/c10-8-4-11-3-7(13-8)9(14)12-6-1-2-17(15,16)5-6/h3-4,6H,1-2,5H2,(H,12,14). The molecule has 1 N–H and O–H groups in total. The Balaban J connectivity index is 2.03. The summed E-state index contributed by atoms with van der Waals surface area (Å²) in [5.41, 5.74) is 0.0850. The number of aromatic nitrogens is 2. The van der Waals surface area contributed by atoms with Crippen LogP contribution in [0.15, 0.2) is 12.4 Å². The molecule has 0 saturated carbocycles. The van der Waals surface area contributed by atoms with E-state index in [-0.39, 0.29) is 28.4 Å². The molecule has 0 spiro atoms. The highest BCUT2D eigenvalue weighted by Crippen LogP contribution is 2.12. The van der Waals surface area contributed by atoms with Gasteiger partial charge in [-0.2, -0.15) is 0 Å². The zero-order chi connectivity index (χ0) is 12.5. The number of carbonyl (C=O) groups is 1. The Hall–Kier alpha value is -1.21. The van der Waals surface area contributed by atoms with Crippen molar-refractivity contribution >= 4 is 27.3 Å². The van der Waals surface area contributed by atoms with Crippen molar-refractivity contribution in [2.45, 2.75) is 12.5 Å². The van der Waals surface area contributed by atoms with Crippen LogP contribution in [0.25, 0.3) is 0 Å². The summed E-state index contributed by atoms with van der Waals surface area (Å²) in [6.45, 7) is 0. The third-order valence-electron chi connectivity index (χ3n) is 2.41. The largest absolute Gasteiger partial charge is 0.347 e. The molecule has 1 unspecified atom stereocenters. The molecule has 0 aliphatic carbocycles. The summed E-state index contributed by atoms with van der Waals surface area (Å²) in [4.78, 5) is 19.2. The van der Waals surface area contributed by atoms with Gasteiger partial charge in [-0.15, -0.1) is 0 Å². The van der Waals surface area contributed by atoms with Crippen LogP contribution in [0.5, 0.6) is 0 Å². The average molecular weight is 276 g/mol. The van der Waals surface area contributed by atoms with Crippen LogP contribution in [0.1, 0.15) is 16.9 Å². The number of hydrogen-bond acceptors (Lipinski definition) is 5. The molecule has 0 aromatic carbocycles. The second-order valence-electron chi connectivity index (χ2n) is 3.80. The Morgan fingerprint density at radius 1 is 1.47 bits per heavy atom. The molecule has 1 amide bonds. The van der Waals surface area contributed by atoms with Crippen LogP contribution in [-0.2, 0) is 9.84 Å². The van der Waals surface area contributed by atoms with Gasteiger partial charge in [0.05, 0.1) is 23.9 Å². The normalized spacial score (nSPS) is 22.3. The summed E-state index contributed by atoms with van der Waals surface area (Å²) in [5.74, 6) is -0.367. The van der Waals surface area contributed by atoms with Gasteiger partial charge < -0.3 is 5.32 Å². The molecular formula is C9H10ClN3O3S. The molecule has 1 aromatic rings. The Kier molecular flexibility index (Phi) is 3.30. The molecule has 1 atom stereocenters. The highest BCUT2D eigenvalue weighted by atomic mass is 35.5. The Bertz CT molecular complexity index is 546. The molecule has 2 heterocycles. The Labute approximate surface area is 103 Å². The van der Waals surface area contributed by atoms with Gasteiger partial charge in [0.15, 0.2) is 9.84 Å². The first kappa shape index (κ1) is 12.3. The zero-order valence-corrected chi connectivity index (χ0v) is 10.3. The van der Waals surface area contributed by atoms with Crippen molar-refractivity contribution in [3.8, 4) is 0 Å². The average Bonchev–Trinajstić information content (AvgIpc) is 2.58. The number of rotatable bonds is 2. The first-order valence-corrected chi connectivity index (χ1v) is 7.15. The van der Waals surface area contributed by atoms with Gasteiger partial charge in [-0.1, -0.05) is 11.6 Å². The van der Waals surface area contributed by atoms with Crippen LogP contribution >= 0.6 is 11.6 Å². The van der Waals surface area contributed by atoms with E-state index >= 15 is 0 Å². The fourth-order valence-electron chi connectivity index (χ4n) is 1.62. The number of sulfone groups is 1. The molecule has 17 heavy (non-hydrogen) atoms. The molecule has 1 aliphatic rings. The fourth-order valence-corrected chi connectivity index (χ4v) is 3.44. The van der Waals surface area contributed by atoms with Crippen LogP contribution < -0.4 is 5.32 Å². The van der Waals surface area contributed by atoms with E-state index in [2.05, 4.69) is 15.3 Å². The van der Waals surface area contributed by atoms with E-state index in [0.717, 1.165) is 0 Å². The lowest BCUT2D eigenvalue weighted by atomic mass is 10.2. The number of amides is 1. The third-order valence-corrected chi connectivity index (χ3v) is 4.36. The van der Waals surface area contributed by atoms with E-state index in [0.29, 0.717) is 6.42 Å². The molecular weight excluding hydrogens is 266 g/mol. The van der Waals surface area contributed by atoms with Crippen molar-refractivity contribution in [1.29, 1.82) is 0 Å². The van der Waals surface area contributed by atoms with Crippen molar-refractivity contribution < 1.29 is 13.2 Å². The fraction of sp³-hybridized carbons (Fsp3) is 0.444. The van der Waals surface area contributed by atoms with E-state index < -0.39 is 15.7 Å². The maximum atomic E-state index is 11.7. The van der Waals surface area contributed by atoms with Crippen molar-refractivity contribution in [2.75, 3.05) is 11.5 Å². The SMILES string of the molecule is O=C(NC1CCS(=O)(=O)C1)c1cncc(Cl)n1. The van der Waals surface area contributed by atoms with Gasteiger partial charge in [-0.25, -0.2) is 13.4 Å². The quantitative estimate of drug-likeness (QED) is 0.824. The predicted octanol–water partition coefficient (Wildman–Crippen LogP) is 0.0469. The van der Waals surface area contributed by atoms with Crippen LogP contribution in [0, 0.1) is 0 Å². The molecule has 1 aromatic heterocycles. The highest BCUT2D eigenvalue weighted by Gasteiger charge is 2.29. The van der Waals surface area contributed by atoms with Gasteiger partial charge in [0, 0.05) is 6.04 Å². The maximum absolute atomic E-state index is 11.7. The van der Waals surface area contributed by atoms with Gasteiger partial charge >= 0.3 is 0 Å². The van der Waals surface area contributed by atoms with Gasteiger partial charge in [0.2, 0.25) is 0 Å². The van der Waals surface area contributed by atoms with Crippen LogP contribution in [-0.4, -0.2) is 41.8 Å². The second kappa shape index (κ2) is 4.58. The van der Waals surface area contributed by atoms with Crippen molar-refractivity contribution in [3.63, 3.8) is 0 Å². The van der Waals surface area contributed by atoms with E-state index in [1.165, 1.54) is 12.4 Å². The Morgan fingerprint density at radius 2 is 2.24 bits per heavy atom. The summed E-state index contributed by atoms with van der Waals surface area (Å²) in [7, 11) is -3.01. The van der Waals surface area contributed by atoms with E-state index in [4.69, 9.17) is 11.6 Å². The lowest BCUT2D eigenvalue weighted by Gasteiger charge is -2.09. The second-order valence-corrected chi connectivity index (χ2v) is 6.42. The zero-order valence-electron chi connectivity index (χ0n) is 8.76. The summed E-state index contributed by atoms with van der Waals surface area (Å²) in [6.07, 6.45) is 3.03. The topological polar surface area (TPSA) is 89.0 Å². The van der Waals surface area contributed by atoms with E-state index in [1.54, 1.807) is 0 Å². The van der Waals surface area contributed by atoms with Crippen molar-refractivity contribution in [2.24, 2.45) is 0 Å². The first-order chi connectivity index (χ1) is 7.96. The predicted molar refractivity (Wildman–Crippen MR) is 61.6 cm³/mol. The summed E-state index contributed by atoms with van der Waals surface area (Å²) >= 11 is 5.60. The lowest BCUT2D eigenvalue weighted by Crippen LogP contribution is -2.36. The van der Waals surface area contributed by atoms with Gasteiger partial charge in [-0.3, -0.25) is 9.78 Å². The molecule has 1 aliphatic heterocycles. The minimum absolute atomic E-state index is 0.0211. The maximum Gasteiger partial charge on any atom is 0.271 e. The monoisotopic (exact) mass is 275 g/mol. The van der Waals surface area contributed by atoms with Crippen LogP contribution in [0.2, 0.25) is 5.15 Å². The molecule has 6 nitrogen and oxygen atoms in total. The molecule has 1 saturated heterocycles. The van der Waals surface area contributed by atoms with Crippen molar-refractivity contribution in [3.05, 3.63) is 23.2 Å². The number of carbonyl (C=O) groups excluding carboxylic acids is 1. The summed E-state index contributed by atoms with van der Waals surface area (Å²) < 4.78 is 22.4. The van der Waals surface area contributed by atoms with Crippen LogP contribution in [0.3, 0.4) is 0 Å². The van der Waals surface area contributed by atoms with Gasteiger partial charge in [-0.05, 0) is 6.42 Å². The number of halogens is 1. The minimum atomic E-state index is -3.01. The van der Waals surface area contributed by atoms with Crippen LogP contribution in [0.4, 0.5) is 0 Å². The van der Waals surface area contributed by atoms with Crippen molar-refractivity contribution in [1.82, 2.24) is 15.3 Å². The molecule has 0 bridgehead atoms. The molecule has 1 fully saturated rings. The lowest BCUT2D eigenvalue weighted by molar-refractivity contribution is 0.0935. The summed E-state index contributed by atoms with van der Waals surface area (Å²) in [5, 5.41) is 2.72. The number of hydrogen-bond donors (Lipinski definition) is 1. The molecule has 0 radical (unpaired) electrons. The highest BCUT2D eigenvalue weighted by molar-refractivity contribution is 7.91. The molecule has 2 rings (SSSR count). The van der Waals surface area contributed by atoms with Gasteiger partial charge in [0.1, 0.15) is 10.8 Å². The van der Waals surface area contributed by atoms with E-state index in [9.17, 15) is 13.2 Å².